The number of phenols is 2. The predicted octanol–water partition coefficient (Wildman–Crippen LogP) is 3.54. The maximum absolute atomic E-state index is 10.0. The molecule has 0 amide bonds. The van der Waals surface area contributed by atoms with Gasteiger partial charge in [0.25, 0.3) is 0 Å². The zero-order valence-corrected chi connectivity index (χ0v) is 15.2. The molecule has 0 saturated heterocycles. The van der Waals surface area contributed by atoms with Crippen LogP contribution in [0.2, 0.25) is 10.0 Å². The SMILES string of the molecule is CC(NCC(O)CN=Cc1cc(Cl)ccc1O)c1cc(Cl)ccc1O. The van der Waals surface area contributed by atoms with Gasteiger partial charge < -0.3 is 20.6 Å². The average Bonchev–Trinajstić information content (AvgIpc) is 2.58. The van der Waals surface area contributed by atoms with Gasteiger partial charge in [0.15, 0.2) is 0 Å². The zero-order valence-electron chi connectivity index (χ0n) is 13.7. The van der Waals surface area contributed by atoms with E-state index in [9.17, 15) is 15.3 Å². The van der Waals surface area contributed by atoms with Crippen LogP contribution in [-0.4, -0.2) is 40.7 Å². The molecular formula is C18H20Cl2N2O3. The number of aliphatic hydroxyl groups is 1. The largest absolute Gasteiger partial charge is 0.508 e. The third kappa shape index (κ3) is 5.90. The minimum absolute atomic E-state index is 0.0748. The smallest absolute Gasteiger partial charge is 0.124 e. The highest BCUT2D eigenvalue weighted by Gasteiger charge is 2.12. The summed E-state index contributed by atoms with van der Waals surface area (Å²) in [6, 6.07) is 9.31. The van der Waals surface area contributed by atoms with E-state index < -0.39 is 6.10 Å². The van der Waals surface area contributed by atoms with Gasteiger partial charge in [0.2, 0.25) is 0 Å². The minimum atomic E-state index is -0.721. The number of nitrogens with zero attached hydrogens (tertiary/aromatic N) is 1. The third-order valence-corrected chi connectivity index (χ3v) is 4.12. The number of phenolic OH excluding ortho intramolecular Hbond substituents is 2. The van der Waals surface area contributed by atoms with Gasteiger partial charge >= 0.3 is 0 Å². The van der Waals surface area contributed by atoms with Crippen molar-refractivity contribution in [2.75, 3.05) is 13.1 Å². The summed E-state index contributed by atoms with van der Waals surface area (Å²) in [6.45, 7) is 2.31. The van der Waals surface area contributed by atoms with E-state index in [1.165, 1.54) is 18.3 Å². The molecule has 2 atom stereocenters. The second-order valence-corrected chi connectivity index (χ2v) is 6.56. The summed E-state index contributed by atoms with van der Waals surface area (Å²) in [4.78, 5) is 4.12. The fourth-order valence-corrected chi connectivity index (χ4v) is 2.62. The first-order chi connectivity index (χ1) is 11.9. The fraction of sp³-hybridized carbons (Fsp3) is 0.278. The number of benzene rings is 2. The summed E-state index contributed by atoms with van der Waals surface area (Å²) >= 11 is 11.8. The fourth-order valence-electron chi connectivity index (χ4n) is 2.26. The van der Waals surface area contributed by atoms with E-state index in [4.69, 9.17) is 23.2 Å². The van der Waals surface area contributed by atoms with Crippen molar-refractivity contribution in [1.29, 1.82) is 0 Å². The number of hydrogen-bond donors (Lipinski definition) is 4. The molecule has 4 N–H and O–H groups in total. The Kier molecular flexibility index (Phi) is 7.08. The van der Waals surface area contributed by atoms with Gasteiger partial charge in [-0.25, -0.2) is 0 Å². The van der Waals surface area contributed by atoms with E-state index in [2.05, 4.69) is 10.3 Å². The predicted molar refractivity (Wildman–Crippen MR) is 101 cm³/mol. The van der Waals surface area contributed by atoms with Gasteiger partial charge in [-0.05, 0) is 43.3 Å². The molecular weight excluding hydrogens is 363 g/mol. The lowest BCUT2D eigenvalue weighted by Crippen LogP contribution is -2.31. The van der Waals surface area contributed by atoms with E-state index in [0.717, 1.165) is 0 Å². The first-order valence-electron chi connectivity index (χ1n) is 7.75. The molecule has 2 aromatic rings. The van der Waals surface area contributed by atoms with Crippen molar-refractivity contribution in [3.63, 3.8) is 0 Å². The van der Waals surface area contributed by atoms with Crippen LogP contribution >= 0.6 is 23.2 Å². The second-order valence-electron chi connectivity index (χ2n) is 5.68. The number of aliphatic hydroxyl groups excluding tert-OH is 1. The molecule has 0 aliphatic rings. The first-order valence-corrected chi connectivity index (χ1v) is 8.50. The molecule has 2 unspecified atom stereocenters. The molecule has 5 nitrogen and oxygen atoms in total. The lowest BCUT2D eigenvalue weighted by Gasteiger charge is -2.17. The van der Waals surface area contributed by atoms with Crippen LogP contribution in [0, 0.1) is 0 Å². The van der Waals surface area contributed by atoms with Crippen LogP contribution in [0.4, 0.5) is 0 Å². The lowest BCUT2D eigenvalue weighted by molar-refractivity contribution is 0.176. The lowest BCUT2D eigenvalue weighted by atomic mass is 10.1. The molecule has 0 radical (unpaired) electrons. The van der Waals surface area contributed by atoms with Crippen LogP contribution in [0.1, 0.15) is 24.1 Å². The van der Waals surface area contributed by atoms with Crippen molar-refractivity contribution in [2.45, 2.75) is 19.1 Å². The van der Waals surface area contributed by atoms with Gasteiger partial charge in [0, 0.05) is 40.0 Å². The van der Waals surface area contributed by atoms with Crippen LogP contribution in [0.3, 0.4) is 0 Å². The van der Waals surface area contributed by atoms with Crippen molar-refractivity contribution in [3.8, 4) is 11.5 Å². The zero-order chi connectivity index (χ0) is 18.4. The van der Waals surface area contributed by atoms with Crippen LogP contribution < -0.4 is 5.32 Å². The molecule has 0 heterocycles. The molecule has 0 saturated carbocycles. The Morgan fingerprint density at radius 2 is 1.72 bits per heavy atom. The molecule has 0 aromatic heterocycles. The Morgan fingerprint density at radius 3 is 2.44 bits per heavy atom. The van der Waals surface area contributed by atoms with Crippen LogP contribution in [0.15, 0.2) is 41.4 Å². The average molecular weight is 383 g/mol. The topological polar surface area (TPSA) is 85.1 Å². The second kappa shape index (κ2) is 9.06. The van der Waals surface area contributed by atoms with Crippen molar-refractivity contribution in [2.24, 2.45) is 4.99 Å². The highest BCUT2D eigenvalue weighted by Crippen LogP contribution is 2.27. The molecule has 0 spiro atoms. The molecule has 2 rings (SSSR count). The van der Waals surface area contributed by atoms with Crippen molar-refractivity contribution >= 4 is 29.4 Å². The molecule has 0 aliphatic heterocycles. The summed E-state index contributed by atoms with van der Waals surface area (Å²) in [7, 11) is 0. The Bertz CT molecular complexity index is 753. The maximum atomic E-state index is 10.0. The molecule has 134 valence electrons. The summed E-state index contributed by atoms with van der Waals surface area (Å²) in [6.07, 6.45) is 0.748. The van der Waals surface area contributed by atoms with E-state index >= 15 is 0 Å². The van der Waals surface area contributed by atoms with Gasteiger partial charge in [0.05, 0.1) is 12.6 Å². The van der Waals surface area contributed by atoms with Gasteiger partial charge in [-0.15, -0.1) is 0 Å². The van der Waals surface area contributed by atoms with Crippen molar-refractivity contribution < 1.29 is 15.3 Å². The molecule has 0 fully saturated rings. The van der Waals surface area contributed by atoms with Crippen molar-refractivity contribution in [3.05, 3.63) is 57.6 Å². The van der Waals surface area contributed by atoms with Crippen LogP contribution in [-0.2, 0) is 0 Å². The summed E-state index contributed by atoms with van der Waals surface area (Å²) in [5.41, 5.74) is 1.15. The Balaban J connectivity index is 1.86. The van der Waals surface area contributed by atoms with Crippen LogP contribution in [0.5, 0.6) is 11.5 Å². The molecule has 7 heteroatoms. The summed E-state index contributed by atoms with van der Waals surface area (Å²) < 4.78 is 0. The maximum Gasteiger partial charge on any atom is 0.124 e. The van der Waals surface area contributed by atoms with Crippen LogP contribution in [0.25, 0.3) is 0 Å². The number of hydrogen-bond acceptors (Lipinski definition) is 5. The highest BCUT2D eigenvalue weighted by molar-refractivity contribution is 6.31. The minimum Gasteiger partial charge on any atom is -0.508 e. The first kappa shape index (κ1) is 19.5. The molecule has 25 heavy (non-hydrogen) atoms. The van der Waals surface area contributed by atoms with E-state index in [-0.39, 0.29) is 30.6 Å². The monoisotopic (exact) mass is 382 g/mol. The number of aromatic hydroxyl groups is 2. The number of aliphatic imine (C=N–C) groups is 1. The summed E-state index contributed by atoms with van der Waals surface area (Å²) in [5.74, 6) is 0.221. The van der Waals surface area contributed by atoms with E-state index in [1.807, 2.05) is 6.92 Å². The molecule has 0 aliphatic carbocycles. The Hall–Kier alpha value is -1.79. The number of rotatable bonds is 7. The standard InChI is InChI=1S/C18H20Cl2N2O3/c1-11(16-7-14(20)3-5-18(16)25)22-10-15(23)9-21-8-12-6-13(19)2-4-17(12)24/h2-8,11,15,22-25H,9-10H2,1H3. The van der Waals surface area contributed by atoms with E-state index in [0.29, 0.717) is 21.2 Å². The Morgan fingerprint density at radius 1 is 1.08 bits per heavy atom. The normalized spacial score (nSPS) is 13.9. The van der Waals surface area contributed by atoms with Gasteiger partial charge in [-0.3, -0.25) is 4.99 Å². The molecule has 0 bridgehead atoms. The Labute approximate surface area is 156 Å². The highest BCUT2D eigenvalue weighted by atomic mass is 35.5. The van der Waals surface area contributed by atoms with Gasteiger partial charge in [-0.2, -0.15) is 0 Å². The quantitative estimate of drug-likeness (QED) is 0.551. The third-order valence-electron chi connectivity index (χ3n) is 3.65. The van der Waals surface area contributed by atoms with E-state index in [1.54, 1.807) is 24.3 Å². The van der Waals surface area contributed by atoms with Gasteiger partial charge in [0.1, 0.15) is 11.5 Å². The number of halogens is 2. The molecule has 2 aromatic carbocycles. The summed E-state index contributed by atoms with van der Waals surface area (Å²) in [5, 5.41) is 33.7. The number of nitrogens with one attached hydrogen (secondary N) is 1. The van der Waals surface area contributed by atoms with Crippen molar-refractivity contribution in [1.82, 2.24) is 5.32 Å². The van der Waals surface area contributed by atoms with Gasteiger partial charge in [-0.1, -0.05) is 23.2 Å².